The minimum Gasteiger partial charge on any atom is -0.480 e. The number of aliphatic carboxylic acids is 1. The van der Waals surface area contributed by atoms with Gasteiger partial charge in [0.15, 0.2) is 0 Å². The molecule has 0 bridgehead atoms. The number of carbonyl (C=O) groups excluding carboxylic acids is 1. The summed E-state index contributed by atoms with van der Waals surface area (Å²) in [6, 6.07) is -0.869. The Morgan fingerprint density at radius 3 is 2.83 bits per heavy atom. The van der Waals surface area contributed by atoms with Gasteiger partial charge in [-0.15, -0.1) is 0 Å². The molecule has 1 rings (SSSR count). The first kappa shape index (κ1) is 15.1. The van der Waals surface area contributed by atoms with Crippen LogP contribution in [-0.4, -0.2) is 53.1 Å². The highest BCUT2D eigenvalue weighted by molar-refractivity contribution is 7.98. The lowest BCUT2D eigenvalue weighted by Crippen LogP contribution is -2.46. The van der Waals surface area contributed by atoms with Crippen LogP contribution in [0, 0.1) is 0 Å². The number of thioether (sulfide) groups is 1. The summed E-state index contributed by atoms with van der Waals surface area (Å²) in [5.41, 5.74) is 0. The van der Waals surface area contributed by atoms with E-state index in [1.165, 1.54) is 11.3 Å². The monoisotopic (exact) mass is 274 g/mol. The molecule has 6 heteroatoms. The molecule has 2 amide bonds. The smallest absolute Gasteiger partial charge is 0.326 e. The quantitative estimate of drug-likeness (QED) is 0.694. The van der Waals surface area contributed by atoms with Crippen molar-refractivity contribution in [3.63, 3.8) is 0 Å². The van der Waals surface area contributed by atoms with E-state index in [9.17, 15) is 9.59 Å². The van der Waals surface area contributed by atoms with Gasteiger partial charge >= 0.3 is 12.0 Å². The highest BCUT2D eigenvalue weighted by atomic mass is 32.2. The molecule has 0 aromatic heterocycles. The van der Waals surface area contributed by atoms with Gasteiger partial charge in [0.05, 0.1) is 0 Å². The van der Waals surface area contributed by atoms with Crippen LogP contribution in [0.5, 0.6) is 0 Å². The van der Waals surface area contributed by atoms with Gasteiger partial charge in [-0.2, -0.15) is 11.8 Å². The number of amides is 2. The Kier molecular flexibility index (Phi) is 6.93. The lowest BCUT2D eigenvalue weighted by molar-refractivity contribution is -0.141. The van der Waals surface area contributed by atoms with Crippen LogP contribution in [0.1, 0.15) is 32.1 Å². The molecule has 0 spiro atoms. The van der Waals surface area contributed by atoms with Crippen LogP contribution >= 0.6 is 11.8 Å². The molecule has 0 radical (unpaired) electrons. The number of nitrogens with zero attached hydrogens (tertiary/aromatic N) is 1. The highest BCUT2D eigenvalue weighted by Gasteiger charge is 2.33. The van der Waals surface area contributed by atoms with Crippen molar-refractivity contribution in [2.45, 2.75) is 38.1 Å². The molecule has 1 saturated heterocycles. The molecule has 1 aliphatic rings. The first-order valence-corrected chi connectivity index (χ1v) is 7.82. The predicted molar refractivity (Wildman–Crippen MR) is 73.0 cm³/mol. The Labute approximate surface area is 112 Å². The third kappa shape index (κ3) is 4.76. The SMILES string of the molecule is CSCCCCCNC(=O)N1CCCC1C(=O)O. The summed E-state index contributed by atoms with van der Waals surface area (Å²) in [6.45, 7) is 1.19. The third-order valence-electron chi connectivity index (χ3n) is 3.10. The van der Waals surface area contributed by atoms with Crippen LogP contribution in [0.2, 0.25) is 0 Å². The van der Waals surface area contributed by atoms with Crippen molar-refractivity contribution in [1.82, 2.24) is 10.2 Å². The molecule has 0 aliphatic carbocycles. The molecule has 18 heavy (non-hydrogen) atoms. The number of hydrogen-bond donors (Lipinski definition) is 2. The summed E-state index contributed by atoms with van der Waals surface area (Å²) in [6.07, 6.45) is 6.65. The Morgan fingerprint density at radius 2 is 2.17 bits per heavy atom. The summed E-state index contributed by atoms with van der Waals surface area (Å²) in [4.78, 5) is 24.2. The van der Waals surface area contributed by atoms with Crippen molar-refractivity contribution in [3.8, 4) is 0 Å². The largest absolute Gasteiger partial charge is 0.480 e. The van der Waals surface area contributed by atoms with Gasteiger partial charge in [0, 0.05) is 13.1 Å². The Balaban J connectivity index is 2.18. The number of rotatable bonds is 7. The van der Waals surface area contributed by atoms with Crippen molar-refractivity contribution >= 4 is 23.8 Å². The van der Waals surface area contributed by atoms with Gasteiger partial charge in [-0.1, -0.05) is 6.42 Å². The van der Waals surface area contributed by atoms with Gasteiger partial charge in [0.2, 0.25) is 0 Å². The normalized spacial score (nSPS) is 18.9. The van der Waals surface area contributed by atoms with Gasteiger partial charge in [-0.25, -0.2) is 9.59 Å². The Hall–Kier alpha value is -0.910. The number of unbranched alkanes of at least 4 members (excludes halogenated alkanes) is 2. The molecule has 1 unspecified atom stereocenters. The summed E-state index contributed by atoms with van der Waals surface area (Å²) in [5, 5.41) is 11.8. The number of likely N-dealkylation sites (tertiary alicyclic amines) is 1. The molecule has 1 fully saturated rings. The van der Waals surface area contributed by atoms with Crippen molar-refractivity contribution in [2.75, 3.05) is 25.1 Å². The number of carbonyl (C=O) groups is 2. The van der Waals surface area contributed by atoms with Gasteiger partial charge < -0.3 is 15.3 Å². The van der Waals surface area contributed by atoms with E-state index in [1.54, 1.807) is 0 Å². The van der Waals surface area contributed by atoms with Gasteiger partial charge in [-0.05, 0) is 37.7 Å². The molecule has 1 atom stereocenters. The van der Waals surface area contributed by atoms with Crippen LogP contribution < -0.4 is 5.32 Å². The zero-order valence-electron chi connectivity index (χ0n) is 10.9. The van der Waals surface area contributed by atoms with E-state index in [1.807, 2.05) is 11.8 Å². The van der Waals surface area contributed by atoms with E-state index in [0.29, 0.717) is 19.5 Å². The molecule has 2 N–H and O–H groups in total. The number of urea groups is 1. The second-order valence-corrected chi connectivity index (χ2v) is 5.46. The fraction of sp³-hybridized carbons (Fsp3) is 0.833. The molecule has 0 aromatic carbocycles. The molecule has 1 heterocycles. The molecule has 0 saturated carbocycles. The highest BCUT2D eigenvalue weighted by Crippen LogP contribution is 2.17. The van der Waals surface area contributed by atoms with Gasteiger partial charge in [0.1, 0.15) is 6.04 Å². The Bertz CT molecular complexity index is 286. The lowest BCUT2D eigenvalue weighted by Gasteiger charge is -2.21. The van der Waals surface area contributed by atoms with Crippen LogP contribution in [0.15, 0.2) is 0 Å². The molecule has 5 nitrogen and oxygen atoms in total. The Morgan fingerprint density at radius 1 is 1.39 bits per heavy atom. The zero-order valence-corrected chi connectivity index (χ0v) is 11.7. The maximum atomic E-state index is 11.8. The molecule has 104 valence electrons. The third-order valence-corrected chi connectivity index (χ3v) is 3.80. The number of carboxylic acids is 1. The summed E-state index contributed by atoms with van der Waals surface area (Å²) in [7, 11) is 0. The summed E-state index contributed by atoms with van der Waals surface area (Å²) >= 11 is 1.83. The maximum Gasteiger partial charge on any atom is 0.326 e. The average Bonchev–Trinajstić information content (AvgIpc) is 2.82. The van der Waals surface area contributed by atoms with Crippen molar-refractivity contribution in [3.05, 3.63) is 0 Å². The number of carboxylic acid groups (broad SMARTS) is 1. The van der Waals surface area contributed by atoms with Crippen LogP contribution in [0.25, 0.3) is 0 Å². The van der Waals surface area contributed by atoms with E-state index < -0.39 is 12.0 Å². The average molecular weight is 274 g/mol. The van der Waals surface area contributed by atoms with Crippen molar-refractivity contribution in [1.29, 1.82) is 0 Å². The van der Waals surface area contributed by atoms with Crippen molar-refractivity contribution in [2.24, 2.45) is 0 Å². The molecular weight excluding hydrogens is 252 g/mol. The molecule has 0 aromatic rings. The second-order valence-electron chi connectivity index (χ2n) is 4.48. The van der Waals surface area contributed by atoms with Gasteiger partial charge in [-0.3, -0.25) is 0 Å². The van der Waals surface area contributed by atoms with Crippen LogP contribution in [-0.2, 0) is 4.79 Å². The second kappa shape index (κ2) is 8.24. The zero-order chi connectivity index (χ0) is 13.4. The first-order valence-electron chi connectivity index (χ1n) is 6.43. The van der Waals surface area contributed by atoms with E-state index >= 15 is 0 Å². The minimum absolute atomic E-state index is 0.232. The predicted octanol–water partition coefficient (Wildman–Crippen LogP) is 1.78. The van der Waals surface area contributed by atoms with E-state index in [4.69, 9.17) is 5.11 Å². The van der Waals surface area contributed by atoms with E-state index in [-0.39, 0.29) is 6.03 Å². The van der Waals surface area contributed by atoms with Gasteiger partial charge in [0.25, 0.3) is 0 Å². The minimum atomic E-state index is -0.900. The summed E-state index contributed by atoms with van der Waals surface area (Å²) < 4.78 is 0. The number of hydrogen-bond acceptors (Lipinski definition) is 3. The maximum absolute atomic E-state index is 11.8. The summed E-state index contributed by atoms with van der Waals surface area (Å²) in [5.74, 6) is 0.254. The van der Waals surface area contributed by atoms with Crippen molar-refractivity contribution < 1.29 is 14.7 Å². The van der Waals surface area contributed by atoms with E-state index in [0.717, 1.165) is 25.0 Å². The fourth-order valence-electron chi connectivity index (χ4n) is 2.11. The van der Waals surface area contributed by atoms with Crippen LogP contribution in [0.3, 0.4) is 0 Å². The lowest BCUT2D eigenvalue weighted by atomic mass is 10.2. The topological polar surface area (TPSA) is 69.6 Å². The molecular formula is C12H22N2O3S. The number of nitrogens with one attached hydrogen (secondary N) is 1. The van der Waals surface area contributed by atoms with E-state index in [2.05, 4.69) is 11.6 Å². The molecule has 1 aliphatic heterocycles. The van der Waals surface area contributed by atoms with Crippen LogP contribution in [0.4, 0.5) is 4.79 Å². The standard InChI is InChI=1S/C12H22N2O3S/c1-18-9-4-2-3-7-13-12(17)14-8-5-6-10(14)11(15)16/h10H,2-9H2,1H3,(H,13,17)(H,15,16). The first-order chi connectivity index (χ1) is 8.66. The fourth-order valence-corrected chi connectivity index (χ4v) is 2.60.